The highest BCUT2D eigenvalue weighted by Crippen LogP contribution is 2.37. The number of fused-ring (bicyclic) bond motifs is 2. The van der Waals surface area contributed by atoms with Gasteiger partial charge in [0.25, 0.3) is 6.43 Å². The maximum Gasteiger partial charge on any atom is 0.264 e. The number of ether oxygens (including phenoxy) is 2. The van der Waals surface area contributed by atoms with Crippen molar-refractivity contribution in [3.05, 3.63) is 101 Å². The van der Waals surface area contributed by atoms with E-state index in [2.05, 4.69) is 30.6 Å². The monoisotopic (exact) mass is 896 g/mol. The molecule has 4 aromatic heterocycles. The molecule has 4 aliphatic heterocycles. The molecule has 19 heteroatoms. The zero-order chi connectivity index (χ0) is 45.8. The Bertz CT molecular complexity index is 2620. The Morgan fingerprint density at radius 2 is 1.29 bits per heavy atom. The zero-order valence-corrected chi connectivity index (χ0v) is 37.3. The van der Waals surface area contributed by atoms with Gasteiger partial charge in [0.2, 0.25) is 11.8 Å². The first-order valence-corrected chi connectivity index (χ1v) is 21.8. The number of alkyl halides is 2. The molecule has 6 aromatic rings. The van der Waals surface area contributed by atoms with Gasteiger partial charge in [0.1, 0.15) is 5.82 Å². The first kappa shape index (κ1) is 45.1. The van der Waals surface area contributed by atoms with E-state index in [0.717, 1.165) is 67.2 Å². The summed E-state index contributed by atoms with van der Waals surface area (Å²) in [6.07, 6.45) is 7.56. The van der Waals surface area contributed by atoms with E-state index in [1.54, 1.807) is 84.2 Å². The van der Waals surface area contributed by atoms with Crippen molar-refractivity contribution in [2.45, 2.75) is 71.1 Å². The SMILES string of the molecule is CC(=O)N1CCc2c(c(Nc3ccc(-c4cnn(C)c4)c(C(F)F)c3)nn2C2CCOC2)C1.CNc1nn(C2CCOC2)c2c1CN(C(C)=O)CC2.Cn1cc(-c2ccccc2F)cn1. The highest BCUT2D eigenvalue weighted by atomic mass is 19.3. The molecule has 0 spiro atoms. The summed E-state index contributed by atoms with van der Waals surface area (Å²) >= 11 is 0. The van der Waals surface area contributed by atoms with E-state index in [0.29, 0.717) is 73.5 Å². The summed E-state index contributed by atoms with van der Waals surface area (Å²) in [5, 5.41) is 24.0. The summed E-state index contributed by atoms with van der Waals surface area (Å²) in [5.74, 6) is 1.41. The molecule has 2 fully saturated rings. The normalized spacial score (nSPS) is 17.8. The Hall–Kier alpha value is -6.47. The molecular formula is C46H55F3N12O4. The quantitative estimate of drug-likeness (QED) is 0.166. The second-order valence-electron chi connectivity index (χ2n) is 16.6. The lowest BCUT2D eigenvalue weighted by atomic mass is 10.0. The van der Waals surface area contributed by atoms with Crippen LogP contribution >= 0.6 is 0 Å². The van der Waals surface area contributed by atoms with E-state index in [4.69, 9.17) is 14.6 Å². The molecule has 4 aliphatic rings. The molecule has 0 radical (unpaired) electrons. The average Bonchev–Trinajstić information content (AvgIpc) is 4.17. The average molecular weight is 897 g/mol. The zero-order valence-electron chi connectivity index (χ0n) is 37.3. The molecule has 2 N–H and O–H groups in total. The molecule has 2 unspecified atom stereocenters. The topological polar surface area (TPSA) is 154 Å². The van der Waals surface area contributed by atoms with Crippen LogP contribution in [0.4, 0.5) is 30.5 Å². The van der Waals surface area contributed by atoms with E-state index in [-0.39, 0.29) is 29.2 Å². The van der Waals surface area contributed by atoms with Crippen molar-refractivity contribution in [2.75, 3.05) is 57.2 Å². The smallest absolute Gasteiger partial charge is 0.264 e. The van der Waals surface area contributed by atoms with Crippen LogP contribution in [0.5, 0.6) is 0 Å². The van der Waals surface area contributed by atoms with E-state index >= 15 is 0 Å². The first-order valence-electron chi connectivity index (χ1n) is 21.8. The molecule has 2 saturated heterocycles. The van der Waals surface area contributed by atoms with Gasteiger partial charge >= 0.3 is 0 Å². The molecule has 2 amide bonds. The molecule has 16 nitrogen and oxygen atoms in total. The van der Waals surface area contributed by atoms with Gasteiger partial charge in [-0.25, -0.2) is 13.2 Å². The molecule has 2 atom stereocenters. The number of rotatable bonds is 8. The van der Waals surface area contributed by atoms with Crippen LogP contribution in [0.15, 0.2) is 67.3 Å². The van der Waals surface area contributed by atoms with Gasteiger partial charge in [0.15, 0.2) is 11.6 Å². The highest BCUT2D eigenvalue weighted by Gasteiger charge is 2.32. The van der Waals surface area contributed by atoms with Gasteiger partial charge in [-0.05, 0) is 36.6 Å². The highest BCUT2D eigenvalue weighted by molar-refractivity contribution is 5.75. The first-order chi connectivity index (χ1) is 31.4. The number of benzene rings is 2. The van der Waals surface area contributed by atoms with Gasteiger partial charge in [0, 0.05) is 137 Å². The van der Waals surface area contributed by atoms with Crippen molar-refractivity contribution in [3.8, 4) is 22.3 Å². The van der Waals surface area contributed by atoms with Crippen LogP contribution in [-0.4, -0.2) is 107 Å². The van der Waals surface area contributed by atoms with Gasteiger partial charge in [0.05, 0.1) is 50.8 Å². The second kappa shape index (κ2) is 19.7. The fraction of sp³-hybridized carbons (Fsp3) is 0.435. The van der Waals surface area contributed by atoms with Crippen LogP contribution in [0.3, 0.4) is 0 Å². The summed E-state index contributed by atoms with van der Waals surface area (Å²) in [5.41, 5.74) is 7.36. The maximum atomic E-state index is 13.9. The third-order valence-electron chi connectivity index (χ3n) is 12.3. The lowest BCUT2D eigenvalue weighted by Gasteiger charge is -2.27. The van der Waals surface area contributed by atoms with Crippen LogP contribution < -0.4 is 10.6 Å². The Morgan fingerprint density at radius 3 is 1.77 bits per heavy atom. The molecule has 65 heavy (non-hydrogen) atoms. The van der Waals surface area contributed by atoms with E-state index in [1.807, 2.05) is 29.7 Å². The van der Waals surface area contributed by atoms with E-state index in [9.17, 15) is 22.8 Å². The minimum Gasteiger partial charge on any atom is -0.379 e. The number of amides is 2. The number of anilines is 3. The Kier molecular flexibility index (Phi) is 13.7. The Morgan fingerprint density at radius 1 is 0.754 bits per heavy atom. The fourth-order valence-corrected chi connectivity index (χ4v) is 8.80. The Labute approximate surface area is 375 Å². The predicted molar refractivity (Wildman–Crippen MR) is 238 cm³/mol. The number of aryl methyl sites for hydroxylation is 2. The number of hydrogen-bond donors (Lipinski definition) is 2. The van der Waals surface area contributed by atoms with Crippen molar-refractivity contribution < 1.29 is 32.2 Å². The predicted octanol–water partition coefficient (Wildman–Crippen LogP) is 6.85. The van der Waals surface area contributed by atoms with Crippen LogP contribution in [-0.2, 0) is 59.1 Å². The minimum atomic E-state index is -2.64. The van der Waals surface area contributed by atoms with Crippen LogP contribution in [0.25, 0.3) is 22.3 Å². The molecule has 0 saturated carbocycles. The molecule has 2 aromatic carbocycles. The fourth-order valence-electron chi connectivity index (χ4n) is 8.80. The Balaban J connectivity index is 0.000000151. The largest absolute Gasteiger partial charge is 0.379 e. The number of aromatic nitrogens is 8. The molecular weight excluding hydrogens is 842 g/mol. The molecule has 344 valence electrons. The number of carbonyl (C=O) groups is 2. The number of halogens is 3. The van der Waals surface area contributed by atoms with Gasteiger partial charge < -0.3 is 29.9 Å². The van der Waals surface area contributed by atoms with Gasteiger partial charge in [-0.3, -0.25) is 28.3 Å². The second-order valence-corrected chi connectivity index (χ2v) is 16.6. The summed E-state index contributed by atoms with van der Waals surface area (Å²) in [4.78, 5) is 27.2. The van der Waals surface area contributed by atoms with Gasteiger partial charge in [-0.2, -0.15) is 20.4 Å². The van der Waals surface area contributed by atoms with Crippen molar-refractivity contribution >= 4 is 29.1 Å². The summed E-state index contributed by atoms with van der Waals surface area (Å²) in [6.45, 7) is 8.54. The lowest BCUT2D eigenvalue weighted by molar-refractivity contribution is -0.130. The maximum absolute atomic E-state index is 13.9. The molecule has 0 aliphatic carbocycles. The summed E-state index contributed by atoms with van der Waals surface area (Å²) in [6, 6.07) is 12.1. The van der Waals surface area contributed by atoms with E-state index in [1.165, 1.54) is 17.8 Å². The summed E-state index contributed by atoms with van der Waals surface area (Å²) in [7, 11) is 5.44. The number of hydrogen-bond acceptors (Lipinski definition) is 10. The van der Waals surface area contributed by atoms with Gasteiger partial charge in [-0.1, -0.05) is 24.3 Å². The van der Waals surface area contributed by atoms with E-state index < -0.39 is 6.43 Å². The molecule has 8 heterocycles. The third kappa shape index (κ3) is 9.95. The van der Waals surface area contributed by atoms with Gasteiger partial charge in [-0.15, -0.1) is 0 Å². The number of carbonyl (C=O) groups excluding carboxylic acids is 2. The summed E-state index contributed by atoms with van der Waals surface area (Å²) < 4.78 is 59.5. The lowest BCUT2D eigenvalue weighted by Crippen LogP contribution is -2.35. The van der Waals surface area contributed by atoms with Crippen LogP contribution in [0.1, 0.15) is 73.3 Å². The van der Waals surface area contributed by atoms with Crippen molar-refractivity contribution in [1.29, 1.82) is 0 Å². The minimum absolute atomic E-state index is 0.00404. The molecule has 0 bridgehead atoms. The van der Waals surface area contributed by atoms with Crippen LogP contribution in [0, 0.1) is 5.82 Å². The van der Waals surface area contributed by atoms with Crippen LogP contribution in [0.2, 0.25) is 0 Å². The third-order valence-corrected chi connectivity index (χ3v) is 12.3. The standard InChI is InChI=1S/C23H26F2N6O2.C13H20N4O2.C10H9FN2/c1-14(32)30-7-5-21-20(12-30)23(28-31(21)17-6-8-33-13-17)27-16-3-4-18(19(9-16)22(24)25)15-10-26-29(2)11-15;1-9(18)16-5-3-12-11(7-16)13(14-2)15-17(12)10-4-6-19-8-10;1-13-7-8(6-12-13)9-4-2-3-5-10(9)11/h3-4,9-11,17,22H,5-8,12-13H2,1-2H3,(H,27,28);10H,3-8H2,1-2H3,(H,14,15);2-7H,1H3. The van der Waals surface area contributed by atoms with Crippen molar-refractivity contribution in [3.63, 3.8) is 0 Å². The number of nitrogens with one attached hydrogen (secondary N) is 2. The van der Waals surface area contributed by atoms with Crippen molar-refractivity contribution in [1.82, 2.24) is 48.9 Å². The van der Waals surface area contributed by atoms with Crippen molar-refractivity contribution in [2.24, 2.45) is 14.1 Å². The number of nitrogens with zero attached hydrogens (tertiary/aromatic N) is 10. The molecule has 10 rings (SSSR count).